The highest BCUT2D eigenvalue weighted by atomic mass is 35.5. The minimum Gasteiger partial charge on any atom is -0.481 e. The van der Waals surface area contributed by atoms with Crippen molar-refractivity contribution in [1.29, 1.82) is 0 Å². The van der Waals surface area contributed by atoms with Gasteiger partial charge in [0.05, 0.1) is 13.2 Å². The second kappa shape index (κ2) is 6.78. The van der Waals surface area contributed by atoms with Crippen molar-refractivity contribution in [2.75, 3.05) is 19.8 Å². The summed E-state index contributed by atoms with van der Waals surface area (Å²) in [6.45, 7) is 2.13. The average molecular weight is 314 g/mol. The molecule has 0 spiro atoms. The third-order valence-corrected chi connectivity index (χ3v) is 3.39. The summed E-state index contributed by atoms with van der Waals surface area (Å²) >= 11 is 5.85. The fraction of sp³-hybridized carbons (Fsp3) is 0.429. The number of aliphatic carboxylic acids is 1. The smallest absolute Gasteiger partial charge is 0.328 e. The molecule has 1 fully saturated rings. The molecule has 114 valence electrons. The third kappa shape index (κ3) is 3.86. The molecule has 6 nitrogen and oxygen atoms in total. The van der Waals surface area contributed by atoms with Crippen molar-refractivity contribution in [2.24, 2.45) is 0 Å². The molecule has 1 aromatic carbocycles. The molecule has 0 aliphatic carbocycles. The van der Waals surface area contributed by atoms with Gasteiger partial charge in [0.25, 0.3) is 5.91 Å². The van der Waals surface area contributed by atoms with E-state index < -0.39 is 18.1 Å². The van der Waals surface area contributed by atoms with E-state index in [9.17, 15) is 9.59 Å². The van der Waals surface area contributed by atoms with E-state index in [0.717, 1.165) is 0 Å². The standard InChI is InChI=1S/C14H16ClNO5/c1-9(21-11-4-2-3-10(15)7-11)13(17)16-5-6-20-8-12(16)14(18)19/h2-4,7,9,12H,5-6,8H2,1H3,(H,18,19)/t9-,12-/m1/s1. The number of rotatable bonds is 4. The van der Waals surface area contributed by atoms with E-state index >= 15 is 0 Å². The number of halogens is 1. The molecule has 1 N–H and O–H groups in total. The molecule has 1 aliphatic rings. The number of carboxylic acid groups (broad SMARTS) is 1. The zero-order valence-corrected chi connectivity index (χ0v) is 12.2. The van der Waals surface area contributed by atoms with E-state index in [1.54, 1.807) is 31.2 Å². The molecule has 21 heavy (non-hydrogen) atoms. The molecule has 0 bridgehead atoms. The molecule has 1 aromatic rings. The Labute approximate surface area is 127 Å². The Kier molecular flexibility index (Phi) is 5.03. The van der Waals surface area contributed by atoms with E-state index in [1.165, 1.54) is 4.90 Å². The van der Waals surface area contributed by atoms with Crippen LogP contribution in [0.15, 0.2) is 24.3 Å². The van der Waals surface area contributed by atoms with E-state index in [4.69, 9.17) is 26.2 Å². The van der Waals surface area contributed by atoms with Crippen LogP contribution < -0.4 is 4.74 Å². The lowest BCUT2D eigenvalue weighted by atomic mass is 10.2. The van der Waals surface area contributed by atoms with Gasteiger partial charge in [-0.1, -0.05) is 17.7 Å². The molecule has 2 atom stereocenters. The van der Waals surface area contributed by atoms with Crippen molar-refractivity contribution in [2.45, 2.75) is 19.1 Å². The van der Waals surface area contributed by atoms with Crippen LogP contribution in [0.5, 0.6) is 5.75 Å². The molecule has 1 amide bonds. The molecule has 2 rings (SSSR count). The van der Waals surface area contributed by atoms with E-state index in [-0.39, 0.29) is 19.1 Å². The first kappa shape index (κ1) is 15.6. The van der Waals surface area contributed by atoms with Crippen LogP contribution in [0, 0.1) is 0 Å². The van der Waals surface area contributed by atoms with Crippen LogP contribution in [0.25, 0.3) is 0 Å². The molecule has 1 heterocycles. The van der Waals surface area contributed by atoms with Crippen molar-refractivity contribution in [3.63, 3.8) is 0 Å². The quantitative estimate of drug-likeness (QED) is 0.910. The lowest BCUT2D eigenvalue weighted by Gasteiger charge is -2.34. The molecule has 0 radical (unpaired) electrons. The number of amides is 1. The fourth-order valence-electron chi connectivity index (χ4n) is 2.10. The first-order valence-corrected chi connectivity index (χ1v) is 6.90. The molecule has 0 aromatic heterocycles. The van der Waals surface area contributed by atoms with Crippen LogP contribution >= 0.6 is 11.6 Å². The van der Waals surface area contributed by atoms with Gasteiger partial charge >= 0.3 is 5.97 Å². The number of morpholine rings is 1. The normalized spacial score (nSPS) is 19.9. The summed E-state index contributed by atoms with van der Waals surface area (Å²) in [5.41, 5.74) is 0. The molecule has 0 saturated carbocycles. The first-order valence-electron chi connectivity index (χ1n) is 6.52. The van der Waals surface area contributed by atoms with Gasteiger partial charge in [-0.3, -0.25) is 4.79 Å². The Morgan fingerprint density at radius 3 is 2.95 bits per heavy atom. The number of hydrogen-bond donors (Lipinski definition) is 1. The lowest BCUT2D eigenvalue weighted by Crippen LogP contribution is -2.55. The van der Waals surface area contributed by atoms with Gasteiger partial charge in [0.1, 0.15) is 5.75 Å². The van der Waals surface area contributed by atoms with Crippen LogP contribution in [0.1, 0.15) is 6.92 Å². The number of benzene rings is 1. The summed E-state index contributed by atoms with van der Waals surface area (Å²) in [6.07, 6.45) is -0.802. The summed E-state index contributed by atoms with van der Waals surface area (Å²) in [5, 5.41) is 9.64. The number of carboxylic acids is 1. The summed E-state index contributed by atoms with van der Waals surface area (Å²) in [4.78, 5) is 24.8. The van der Waals surface area contributed by atoms with Crippen LogP contribution in [-0.4, -0.2) is 53.8 Å². The maximum atomic E-state index is 12.4. The molecule has 7 heteroatoms. The molecule has 0 unspecified atom stereocenters. The predicted molar refractivity (Wildman–Crippen MR) is 75.5 cm³/mol. The highest BCUT2D eigenvalue weighted by Gasteiger charge is 2.35. The highest BCUT2D eigenvalue weighted by molar-refractivity contribution is 6.30. The van der Waals surface area contributed by atoms with Gasteiger partial charge in [0, 0.05) is 11.6 Å². The van der Waals surface area contributed by atoms with Crippen LogP contribution in [0.4, 0.5) is 0 Å². The molecular weight excluding hydrogens is 298 g/mol. The van der Waals surface area contributed by atoms with Gasteiger partial charge in [0.15, 0.2) is 12.1 Å². The predicted octanol–water partition coefficient (Wildman–Crippen LogP) is 1.42. The van der Waals surface area contributed by atoms with Crippen LogP contribution in [0.3, 0.4) is 0 Å². The van der Waals surface area contributed by atoms with Gasteiger partial charge in [-0.05, 0) is 25.1 Å². The average Bonchev–Trinajstić information content (AvgIpc) is 2.46. The topological polar surface area (TPSA) is 76.1 Å². The van der Waals surface area contributed by atoms with E-state index in [2.05, 4.69) is 0 Å². The maximum Gasteiger partial charge on any atom is 0.328 e. The first-order chi connectivity index (χ1) is 9.99. The Hall–Kier alpha value is -1.79. The van der Waals surface area contributed by atoms with Crippen molar-refractivity contribution in [3.05, 3.63) is 29.3 Å². The van der Waals surface area contributed by atoms with Crippen LogP contribution in [-0.2, 0) is 14.3 Å². The number of nitrogens with zero attached hydrogens (tertiary/aromatic N) is 1. The fourth-order valence-corrected chi connectivity index (χ4v) is 2.28. The zero-order chi connectivity index (χ0) is 15.4. The monoisotopic (exact) mass is 313 g/mol. The van der Waals surface area contributed by atoms with E-state index in [1.807, 2.05) is 0 Å². The van der Waals surface area contributed by atoms with Gasteiger partial charge in [0.2, 0.25) is 0 Å². The van der Waals surface area contributed by atoms with Crippen molar-refractivity contribution in [1.82, 2.24) is 4.90 Å². The van der Waals surface area contributed by atoms with Gasteiger partial charge < -0.3 is 19.5 Å². The number of carbonyl (C=O) groups is 2. The van der Waals surface area contributed by atoms with Crippen molar-refractivity contribution < 1.29 is 24.2 Å². The van der Waals surface area contributed by atoms with E-state index in [0.29, 0.717) is 17.4 Å². The van der Waals surface area contributed by atoms with Gasteiger partial charge in [-0.2, -0.15) is 0 Å². The van der Waals surface area contributed by atoms with Crippen LogP contribution in [0.2, 0.25) is 5.02 Å². The van der Waals surface area contributed by atoms with Crippen molar-refractivity contribution >= 4 is 23.5 Å². The summed E-state index contributed by atoms with van der Waals surface area (Å²) in [7, 11) is 0. The Morgan fingerprint density at radius 1 is 1.52 bits per heavy atom. The largest absolute Gasteiger partial charge is 0.481 e. The maximum absolute atomic E-state index is 12.4. The highest BCUT2D eigenvalue weighted by Crippen LogP contribution is 2.19. The minimum absolute atomic E-state index is 0.00897. The third-order valence-electron chi connectivity index (χ3n) is 3.15. The van der Waals surface area contributed by atoms with Gasteiger partial charge in [-0.25, -0.2) is 4.79 Å². The minimum atomic E-state index is -1.09. The number of ether oxygens (including phenoxy) is 2. The number of hydrogen-bond acceptors (Lipinski definition) is 4. The Morgan fingerprint density at radius 2 is 2.29 bits per heavy atom. The number of carbonyl (C=O) groups excluding carboxylic acids is 1. The Bertz CT molecular complexity index is 536. The zero-order valence-electron chi connectivity index (χ0n) is 11.5. The van der Waals surface area contributed by atoms with Gasteiger partial charge in [-0.15, -0.1) is 0 Å². The SMILES string of the molecule is C[C@@H](Oc1cccc(Cl)c1)C(=O)N1CCOC[C@@H]1C(=O)O. The summed E-state index contributed by atoms with van der Waals surface area (Å²) < 4.78 is 10.6. The molecular formula is C14H16ClNO5. The second-order valence-corrected chi connectivity index (χ2v) is 5.11. The summed E-state index contributed by atoms with van der Waals surface area (Å²) in [6, 6.07) is 5.72. The summed E-state index contributed by atoms with van der Waals surface area (Å²) in [5.74, 6) is -1.01. The Balaban J connectivity index is 2.05. The lowest BCUT2D eigenvalue weighted by molar-refractivity contribution is -0.161. The molecule has 1 aliphatic heterocycles. The second-order valence-electron chi connectivity index (χ2n) is 4.68. The molecule has 1 saturated heterocycles. The van der Waals surface area contributed by atoms with Crippen molar-refractivity contribution in [3.8, 4) is 5.75 Å².